The van der Waals surface area contributed by atoms with Crippen LogP contribution in [0.4, 0.5) is 23.4 Å². The van der Waals surface area contributed by atoms with Gasteiger partial charge in [0.1, 0.15) is 17.9 Å². The van der Waals surface area contributed by atoms with Gasteiger partial charge in [-0.25, -0.2) is 17.6 Å². The normalized spacial score (nSPS) is 11.5. The van der Waals surface area contributed by atoms with Gasteiger partial charge < -0.3 is 5.32 Å². The van der Waals surface area contributed by atoms with Crippen molar-refractivity contribution in [3.8, 4) is 0 Å². The summed E-state index contributed by atoms with van der Waals surface area (Å²) in [5.74, 6) is -0.494. The summed E-state index contributed by atoms with van der Waals surface area (Å²) in [5, 5.41) is 12.3. The van der Waals surface area contributed by atoms with Crippen LogP contribution in [0.5, 0.6) is 0 Å². The molecule has 160 valence electrons. The van der Waals surface area contributed by atoms with Gasteiger partial charge in [-0.2, -0.15) is 10.2 Å². The third-order valence-corrected chi connectivity index (χ3v) is 4.69. The molecule has 1 amide bonds. The van der Waals surface area contributed by atoms with Crippen molar-refractivity contribution in [1.29, 1.82) is 0 Å². The van der Waals surface area contributed by atoms with Crippen molar-refractivity contribution in [1.82, 2.24) is 19.6 Å². The number of hydrogen-bond donors (Lipinski definition) is 1. The first-order valence-corrected chi connectivity index (χ1v) is 9.34. The average Bonchev–Trinajstić information content (AvgIpc) is 3.35. The molecule has 2 heterocycles. The second kappa shape index (κ2) is 8.58. The molecule has 2 aromatic carbocycles. The highest BCUT2D eigenvalue weighted by Gasteiger charge is 2.22. The first-order valence-electron chi connectivity index (χ1n) is 9.34. The van der Waals surface area contributed by atoms with Gasteiger partial charge >= 0.3 is 0 Å². The molecule has 0 bridgehead atoms. The maximum absolute atomic E-state index is 13.0. The first kappa shape index (κ1) is 20.6. The third kappa shape index (κ3) is 4.57. The van der Waals surface area contributed by atoms with Crippen LogP contribution in [0, 0.1) is 0 Å². The minimum absolute atomic E-state index is 0.213. The zero-order chi connectivity index (χ0) is 22.0. The number of anilines is 1. The second-order valence-corrected chi connectivity index (χ2v) is 6.84. The molecule has 0 fully saturated rings. The van der Waals surface area contributed by atoms with E-state index >= 15 is 0 Å². The number of carbonyl (C=O) groups is 1. The maximum atomic E-state index is 13.0. The van der Waals surface area contributed by atoms with E-state index in [4.69, 9.17) is 0 Å². The molecular formula is C21H17F4N5O. The molecule has 0 radical (unpaired) electrons. The van der Waals surface area contributed by atoms with E-state index in [9.17, 15) is 22.4 Å². The standard InChI is InChI=1S/C21H17F4N5O/c22-20(23)16-10-17(21(24)25)30(27-16)12-19(31)26-18-8-9-29(28-18)11-14-6-3-5-13-4-1-2-7-15(13)14/h1-10,20-21H,11-12H2,(H,26,28,31). The Labute approximate surface area is 174 Å². The van der Waals surface area contributed by atoms with Crippen LogP contribution >= 0.6 is 0 Å². The SMILES string of the molecule is O=C(Cn1nc(C(F)F)cc1C(F)F)Nc1ccn(Cc2cccc3ccccc23)n1. The van der Waals surface area contributed by atoms with E-state index in [0.717, 1.165) is 16.3 Å². The van der Waals surface area contributed by atoms with Crippen LogP contribution in [0.25, 0.3) is 10.8 Å². The lowest BCUT2D eigenvalue weighted by molar-refractivity contribution is -0.117. The predicted octanol–water partition coefficient (Wildman–Crippen LogP) is 4.80. The predicted molar refractivity (Wildman–Crippen MR) is 106 cm³/mol. The molecule has 1 N–H and O–H groups in total. The highest BCUT2D eigenvalue weighted by Crippen LogP contribution is 2.25. The lowest BCUT2D eigenvalue weighted by atomic mass is 10.0. The van der Waals surface area contributed by atoms with Crippen LogP contribution in [0.1, 0.15) is 29.8 Å². The number of rotatable bonds is 7. The lowest BCUT2D eigenvalue weighted by Crippen LogP contribution is -2.21. The van der Waals surface area contributed by atoms with E-state index < -0.39 is 36.7 Å². The molecule has 2 aromatic heterocycles. The Morgan fingerprint density at radius 2 is 1.74 bits per heavy atom. The molecule has 0 unspecified atom stereocenters. The zero-order valence-corrected chi connectivity index (χ0v) is 16.1. The number of amides is 1. The summed E-state index contributed by atoms with van der Waals surface area (Å²) < 4.78 is 53.8. The highest BCUT2D eigenvalue weighted by molar-refractivity contribution is 5.89. The van der Waals surface area contributed by atoms with E-state index in [2.05, 4.69) is 15.5 Å². The molecule has 31 heavy (non-hydrogen) atoms. The Balaban J connectivity index is 1.45. The van der Waals surface area contributed by atoms with Gasteiger partial charge in [0.25, 0.3) is 12.9 Å². The van der Waals surface area contributed by atoms with Gasteiger partial charge in [0.15, 0.2) is 5.82 Å². The number of aromatic nitrogens is 4. The minimum atomic E-state index is -3.03. The summed E-state index contributed by atoms with van der Waals surface area (Å²) in [6, 6.07) is 16.0. The van der Waals surface area contributed by atoms with Gasteiger partial charge in [-0.3, -0.25) is 14.2 Å². The van der Waals surface area contributed by atoms with E-state index in [1.54, 1.807) is 16.9 Å². The third-order valence-electron chi connectivity index (χ3n) is 4.69. The van der Waals surface area contributed by atoms with E-state index in [1.165, 1.54) is 0 Å². The Hall–Kier alpha value is -3.69. The molecule has 0 aliphatic carbocycles. The van der Waals surface area contributed by atoms with E-state index in [0.29, 0.717) is 17.3 Å². The highest BCUT2D eigenvalue weighted by atomic mass is 19.3. The van der Waals surface area contributed by atoms with Gasteiger partial charge in [-0.15, -0.1) is 0 Å². The molecule has 0 saturated carbocycles. The molecule has 4 rings (SSSR count). The Kier molecular flexibility index (Phi) is 5.70. The fourth-order valence-corrected chi connectivity index (χ4v) is 3.30. The topological polar surface area (TPSA) is 64.7 Å². The maximum Gasteiger partial charge on any atom is 0.282 e. The summed E-state index contributed by atoms with van der Waals surface area (Å²) in [6.07, 6.45) is -4.37. The number of hydrogen-bond acceptors (Lipinski definition) is 3. The van der Waals surface area contributed by atoms with Crippen LogP contribution in [0.15, 0.2) is 60.8 Å². The fourth-order valence-electron chi connectivity index (χ4n) is 3.30. The summed E-state index contributed by atoms with van der Waals surface area (Å²) in [7, 11) is 0. The molecule has 10 heteroatoms. The summed E-state index contributed by atoms with van der Waals surface area (Å²) in [6.45, 7) is -0.174. The van der Waals surface area contributed by atoms with Gasteiger partial charge in [0.2, 0.25) is 5.91 Å². The molecule has 0 atom stereocenters. The molecule has 0 aliphatic rings. The van der Waals surface area contributed by atoms with E-state index in [1.807, 2.05) is 42.5 Å². The number of benzene rings is 2. The van der Waals surface area contributed by atoms with Crippen molar-refractivity contribution < 1.29 is 22.4 Å². The van der Waals surface area contributed by atoms with Crippen molar-refractivity contribution in [3.63, 3.8) is 0 Å². The van der Waals surface area contributed by atoms with Crippen molar-refractivity contribution in [2.45, 2.75) is 25.9 Å². The molecule has 4 aromatic rings. The Bertz CT molecular complexity index is 1210. The Morgan fingerprint density at radius 1 is 0.968 bits per heavy atom. The van der Waals surface area contributed by atoms with Crippen LogP contribution in [0.3, 0.4) is 0 Å². The van der Waals surface area contributed by atoms with Crippen molar-refractivity contribution >= 4 is 22.5 Å². The Morgan fingerprint density at radius 3 is 2.52 bits per heavy atom. The smallest absolute Gasteiger partial charge is 0.282 e. The van der Waals surface area contributed by atoms with Crippen LogP contribution in [-0.4, -0.2) is 25.5 Å². The lowest BCUT2D eigenvalue weighted by Gasteiger charge is -2.07. The number of halogens is 4. The van der Waals surface area contributed by atoms with Crippen LogP contribution in [0.2, 0.25) is 0 Å². The summed E-state index contributed by atoms with van der Waals surface area (Å²) in [4.78, 5) is 12.2. The largest absolute Gasteiger partial charge is 0.308 e. The average molecular weight is 431 g/mol. The first-order chi connectivity index (χ1) is 14.9. The number of alkyl halides is 4. The molecule has 0 spiro atoms. The number of nitrogens with one attached hydrogen (secondary N) is 1. The quantitative estimate of drug-likeness (QED) is 0.428. The minimum Gasteiger partial charge on any atom is -0.308 e. The molecular weight excluding hydrogens is 414 g/mol. The van der Waals surface area contributed by atoms with Crippen molar-refractivity contribution in [2.24, 2.45) is 0 Å². The van der Waals surface area contributed by atoms with Crippen molar-refractivity contribution in [2.75, 3.05) is 5.32 Å². The van der Waals surface area contributed by atoms with Gasteiger partial charge in [-0.1, -0.05) is 42.5 Å². The van der Waals surface area contributed by atoms with Gasteiger partial charge in [0, 0.05) is 12.3 Å². The number of nitrogens with zero attached hydrogens (tertiary/aromatic N) is 4. The molecule has 6 nitrogen and oxygen atoms in total. The number of fused-ring (bicyclic) bond motifs is 1. The molecule has 0 saturated heterocycles. The van der Waals surface area contributed by atoms with E-state index in [-0.39, 0.29) is 5.82 Å². The van der Waals surface area contributed by atoms with Crippen molar-refractivity contribution in [3.05, 3.63) is 77.7 Å². The summed E-state index contributed by atoms with van der Waals surface area (Å²) >= 11 is 0. The number of carbonyl (C=O) groups excluding carboxylic acids is 1. The van der Waals surface area contributed by atoms with Crippen LogP contribution in [-0.2, 0) is 17.9 Å². The molecule has 0 aliphatic heterocycles. The van der Waals surface area contributed by atoms with Gasteiger partial charge in [-0.05, 0) is 22.4 Å². The fraction of sp³-hybridized carbons (Fsp3) is 0.190. The summed E-state index contributed by atoms with van der Waals surface area (Å²) in [5.41, 5.74) is -0.508. The van der Waals surface area contributed by atoms with Gasteiger partial charge in [0.05, 0.1) is 6.54 Å². The zero-order valence-electron chi connectivity index (χ0n) is 16.1. The monoisotopic (exact) mass is 431 g/mol. The van der Waals surface area contributed by atoms with Crippen LogP contribution < -0.4 is 5.32 Å². The second-order valence-electron chi connectivity index (χ2n) is 6.84.